The highest BCUT2D eigenvalue weighted by molar-refractivity contribution is 6.34. The molecule has 10 rings (SSSR count). The molecule has 0 unspecified atom stereocenters. The van der Waals surface area contributed by atoms with Crippen LogP contribution < -0.4 is 41.0 Å². The summed E-state index contributed by atoms with van der Waals surface area (Å²) in [5, 5.41) is 50.9. The van der Waals surface area contributed by atoms with E-state index in [1.165, 1.54) is 50.6 Å². The minimum absolute atomic E-state index is 0.0976. The van der Waals surface area contributed by atoms with Crippen molar-refractivity contribution in [3.05, 3.63) is 153 Å². The number of carbonyl (C=O) groups is 2. The molecule has 2 fully saturated rings. The first-order valence-electron chi connectivity index (χ1n) is 24.9. The highest BCUT2D eigenvalue weighted by Gasteiger charge is 2.54. The number of carbonyl (C=O) groups excluding carboxylic acids is 2. The van der Waals surface area contributed by atoms with Crippen molar-refractivity contribution in [3.8, 4) is 45.3 Å². The molecular weight excluding hydrogens is 1030 g/mol. The number of aromatic nitrogens is 2. The molecule has 2 aliphatic heterocycles. The topological polar surface area (TPSA) is 254 Å². The summed E-state index contributed by atoms with van der Waals surface area (Å²) in [6, 6.07) is 22.4. The van der Waals surface area contributed by atoms with Crippen molar-refractivity contribution >= 4 is 35.0 Å². The molecule has 2 aliphatic carbocycles. The van der Waals surface area contributed by atoms with Gasteiger partial charge in [-0.2, -0.15) is 0 Å². The number of halogens is 4. The second-order valence-corrected chi connectivity index (χ2v) is 20.2. The average Bonchev–Trinajstić information content (AvgIpc) is 4.04. The van der Waals surface area contributed by atoms with Crippen LogP contribution in [-0.4, -0.2) is 93.8 Å². The predicted molar refractivity (Wildman–Crippen MR) is 279 cm³/mol. The van der Waals surface area contributed by atoms with Crippen LogP contribution in [0.15, 0.2) is 97.3 Å². The molecule has 4 aromatic carbocycles. The maximum absolute atomic E-state index is 15.7. The van der Waals surface area contributed by atoms with E-state index < -0.39 is 46.9 Å². The van der Waals surface area contributed by atoms with Crippen LogP contribution >= 0.6 is 23.2 Å². The number of hydrogen-bond acceptors (Lipinski definition) is 14. The Bertz CT molecular complexity index is 2910. The summed E-state index contributed by atoms with van der Waals surface area (Å²) in [5.74, 6) is -3.04. The van der Waals surface area contributed by atoms with E-state index in [0.717, 1.165) is 25.7 Å². The lowest BCUT2D eigenvalue weighted by atomic mass is 9.84. The second kappa shape index (κ2) is 22.6. The van der Waals surface area contributed by atoms with Gasteiger partial charge in [0.1, 0.15) is 23.7 Å². The van der Waals surface area contributed by atoms with E-state index in [2.05, 4.69) is 20.6 Å². The van der Waals surface area contributed by atoms with Crippen LogP contribution in [0.2, 0.25) is 10.0 Å². The van der Waals surface area contributed by atoms with Crippen molar-refractivity contribution in [1.82, 2.24) is 20.6 Å². The number of fused-ring (bicyclic) bond motifs is 2. The normalized spacial score (nSPS) is 24.5. The van der Waals surface area contributed by atoms with E-state index in [9.17, 15) is 30.0 Å². The van der Waals surface area contributed by atoms with Gasteiger partial charge >= 0.3 is 0 Å². The molecule has 2 aromatic heterocycles. The van der Waals surface area contributed by atoms with Crippen LogP contribution in [0.4, 0.5) is 8.78 Å². The summed E-state index contributed by atoms with van der Waals surface area (Å²) in [4.78, 5) is 33.6. The van der Waals surface area contributed by atoms with E-state index in [1.807, 2.05) is 0 Å². The number of methoxy groups -OCH3 is 2. The monoisotopic (exact) mass is 1080 g/mol. The Morgan fingerprint density at radius 1 is 0.592 bits per heavy atom. The number of hydrogen-bond donors (Lipinski definition) is 8. The highest BCUT2D eigenvalue weighted by atomic mass is 35.5. The van der Waals surface area contributed by atoms with Crippen molar-refractivity contribution < 1.29 is 57.7 Å². The third-order valence-electron chi connectivity index (χ3n) is 14.9. The zero-order valence-corrected chi connectivity index (χ0v) is 43.1. The summed E-state index contributed by atoms with van der Waals surface area (Å²) < 4.78 is 54.7. The van der Waals surface area contributed by atoms with Gasteiger partial charge in [-0.3, -0.25) is 19.6 Å². The van der Waals surface area contributed by atoms with Crippen molar-refractivity contribution in [2.24, 2.45) is 11.5 Å². The van der Waals surface area contributed by atoms with Crippen molar-refractivity contribution in [2.75, 3.05) is 27.3 Å². The Labute approximate surface area is 447 Å². The quantitative estimate of drug-likeness (QED) is 0.0520. The van der Waals surface area contributed by atoms with Gasteiger partial charge in [-0.1, -0.05) is 35.3 Å². The molecule has 10 N–H and O–H groups in total. The minimum atomic E-state index is -1.37. The number of nitrogens with zero attached hydrogens (tertiary/aromatic N) is 2. The van der Waals surface area contributed by atoms with Gasteiger partial charge in [0.25, 0.3) is 0 Å². The van der Waals surface area contributed by atoms with Crippen LogP contribution in [0, 0.1) is 11.6 Å². The van der Waals surface area contributed by atoms with Crippen LogP contribution in [-0.2, 0) is 11.2 Å². The number of primary amides is 2. The largest absolute Gasteiger partial charge is 0.494 e. The fourth-order valence-corrected chi connectivity index (χ4v) is 11.4. The van der Waals surface area contributed by atoms with Crippen molar-refractivity contribution in [2.45, 2.75) is 99.1 Å². The molecule has 0 radical (unpaired) electrons. The van der Waals surface area contributed by atoms with Gasteiger partial charge in [-0.15, -0.1) is 0 Å². The first-order valence-corrected chi connectivity index (χ1v) is 25.7. The van der Waals surface area contributed by atoms with Gasteiger partial charge in [0.05, 0.1) is 48.9 Å². The molecule has 400 valence electrons. The van der Waals surface area contributed by atoms with Crippen molar-refractivity contribution in [3.63, 3.8) is 0 Å². The second-order valence-electron chi connectivity index (χ2n) is 19.4. The Morgan fingerprint density at radius 3 is 1.30 bits per heavy atom. The number of aliphatic hydroxyl groups excluding tert-OH is 4. The Hall–Kier alpha value is -6.48. The molecule has 2 saturated carbocycles. The molecule has 0 spiro atoms. The zero-order chi connectivity index (χ0) is 54.1. The maximum atomic E-state index is 15.7. The number of rotatable bonds is 14. The molecule has 4 atom stereocenters. The van der Waals surface area contributed by atoms with Gasteiger partial charge in [-0.25, -0.2) is 8.78 Å². The number of nitrogens with two attached hydrogens (primary N) is 2. The third-order valence-corrected chi connectivity index (χ3v) is 15.5. The van der Waals surface area contributed by atoms with Crippen LogP contribution in [0.25, 0.3) is 22.3 Å². The standard InChI is InChI=1S/2C28H29ClFN3O5/c2*1-37-20-11-9-17(27(31)36)22(25(20)30)23-18(29)10-12-19-24(23)26(35)28(38-19,21-4-2-3-13-32-21)14-33-15-5-7-16(34)8-6-15/h2*2-4,9-13,15-16,26,33-35H,5-8,14H2,1H3,(H2,31,36)/t2*15?,16?,26-,28+/m00/s1. The number of ether oxygens (including phenoxy) is 4. The molecule has 76 heavy (non-hydrogen) atoms. The maximum Gasteiger partial charge on any atom is 0.249 e. The minimum Gasteiger partial charge on any atom is -0.494 e. The van der Waals surface area contributed by atoms with Crippen LogP contribution in [0.5, 0.6) is 23.0 Å². The molecular formula is C56H58Cl2F2N6O10. The number of aliphatic hydroxyl groups is 4. The number of amides is 2. The lowest BCUT2D eigenvalue weighted by molar-refractivity contribution is -0.0378. The van der Waals surface area contributed by atoms with E-state index in [1.54, 1.807) is 60.9 Å². The fraction of sp³-hybridized carbons (Fsp3) is 0.357. The summed E-state index contributed by atoms with van der Waals surface area (Å²) in [6.45, 7) is 0.363. The Balaban J connectivity index is 0.000000186. The highest BCUT2D eigenvalue weighted by Crippen LogP contribution is 2.56. The lowest BCUT2D eigenvalue weighted by Gasteiger charge is -2.35. The van der Waals surface area contributed by atoms with Gasteiger partial charge in [0.2, 0.25) is 11.8 Å². The first kappa shape index (κ1) is 54.3. The molecule has 2 amide bonds. The summed E-state index contributed by atoms with van der Waals surface area (Å²) >= 11 is 13.2. The van der Waals surface area contributed by atoms with Gasteiger partial charge in [0, 0.05) is 81.0 Å². The van der Waals surface area contributed by atoms with E-state index in [0.29, 0.717) is 37.1 Å². The van der Waals surface area contributed by atoms with Crippen LogP contribution in [0.1, 0.15) is 107 Å². The Kier molecular flexibility index (Phi) is 16.2. The predicted octanol–water partition coefficient (Wildman–Crippen LogP) is 7.73. The summed E-state index contributed by atoms with van der Waals surface area (Å²) in [5.41, 5.74) is 9.47. The van der Waals surface area contributed by atoms with E-state index >= 15 is 8.78 Å². The number of benzene rings is 4. The van der Waals surface area contributed by atoms with Gasteiger partial charge < -0.3 is 61.5 Å². The fourth-order valence-electron chi connectivity index (χ4n) is 10.9. The molecule has 4 aliphatic rings. The summed E-state index contributed by atoms with van der Waals surface area (Å²) in [6.07, 6.45) is 5.75. The molecule has 0 bridgehead atoms. The van der Waals surface area contributed by atoms with E-state index in [4.69, 9.17) is 53.6 Å². The molecule has 0 saturated heterocycles. The average molecular weight is 1080 g/mol. The molecule has 4 heterocycles. The van der Waals surface area contributed by atoms with Gasteiger partial charge in [0.15, 0.2) is 34.3 Å². The molecule has 6 aromatic rings. The van der Waals surface area contributed by atoms with Gasteiger partial charge in [-0.05, 0) is 124 Å². The SMILES string of the molecule is COc1ccc(C(N)=O)c(-c2c(Cl)ccc3c2[C@H](O)[C@@](CNC2CCC(O)CC2)(c2ccccn2)O3)c1F.COc1ccc(C(N)=O)c(-c2c(Cl)ccc3c2[C@H](O)[C@@](CNC2CCC(O)CC2)(c2ccccn2)O3)c1F. The van der Waals surface area contributed by atoms with Crippen molar-refractivity contribution in [1.29, 1.82) is 0 Å². The number of pyridine rings is 2. The zero-order valence-electron chi connectivity index (χ0n) is 41.6. The third kappa shape index (κ3) is 10.2. The van der Waals surface area contributed by atoms with Crippen LogP contribution in [0.3, 0.4) is 0 Å². The lowest BCUT2D eigenvalue weighted by Crippen LogP contribution is -2.49. The smallest absolute Gasteiger partial charge is 0.249 e. The first-order chi connectivity index (χ1) is 36.5. The van der Waals surface area contributed by atoms with E-state index in [-0.39, 0.29) is 115 Å². The number of nitrogens with one attached hydrogen (secondary N) is 2. The summed E-state index contributed by atoms with van der Waals surface area (Å²) in [7, 11) is 2.62. The Morgan fingerprint density at radius 2 is 0.974 bits per heavy atom. The molecule has 20 heteroatoms. The molecule has 16 nitrogen and oxygen atoms in total.